The van der Waals surface area contributed by atoms with Crippen LogP contribution in [0, 0.1) is 0 Å². The molecule has 4 aromatic carbocycles. The number of hydrogen-bond acceptors (Lipinski definition) is 7. The molecular formula is C41H38N8O7. The van der Waals surface area contributed by atoms with Crippen molar-refractivity contribution in [1.82, 2.24) is 40.4 Å². The SMILES string of the molecule is O=C(O)NC(C(=O)N1CCCC1c1nc2ccc(C(=O)c3ccc4nc([C@@H]5CCCN5C(=O)[C@H](NC(=O)O)c5ccccc5)[nH]c4c3)cc2[nH]1)c1ccccc1. The summed E-state index contributed by atoms with van der Waals surface area (Å²) in [7, 11) is 0. The van der Waals surface area contributed by atoms with Crippen molar-refractivity contribution >= 4 is 51.9 Å². The van der Waals surface area contributed by atoms with Gasteiger partial charge in [-0.1, -0.05) is 60.7 Å². The number of benzene rings is 4. The van der Waals surface area contributed by atoms with E-state index in [4.69, 9.17) is 9.97 Å². The van der Waals surface area contributed by atoms with Gasteiger partial charge in [-0.15, -0.1) is 0 Å². The molecule has 8 rings (SSSR count). The first-order chi connectivity index (χ1) is 27.1. The number of likely N-dealkylation sites (tertiary alicyclic amines) is 2. The topological polar surface area (TPSA) is 214 Å². The van der Waals surface area contributed by atoms with Crippen LogP contribution in [0.15, 0.2) is 97.1 Å². The Labute approximate surface area is 319 Å². The highest BCUT2D eigenvalue weighted by atomic mass is 16.4. The van der Waals surface area contributed by atoms with Crippen molar-refractivity contribution in [2.75, 3.05) is 13.1 Å². The lowest BCUT2D eigenvalue weighted by Gasteiger charge is -2.28. The smallest absolute Gasteiger partial charge is 0.405 e. The Morgan fingerprint density at radius 1 is 0.607 bits per heavy atom. The number of nitrogens with zero attached hydrogens (tertiary/aromatic N) is 4. The van der Waals surface area contributed by atoms with Gasteiger partial charge in [0.25, 0.3) is 11.8 Å². The summed E-state index contributed by atoms with van der Waals surface area (Å²) in [6.07, 6.45) is 0.111. The summed E-state index contributed by atoms with van der Waals surface area (Å²) in [5, 5.41) is 23.7. The zero-order valence-corrected chi connectivity index (χ0v) is 30.0. The van der Waals surface area contributed by atoms with Gasteiger partial charge < -0.3 is 40.6 Å². The molecule has 2 aliphatic heterocycles. The predicted molar refractivity (Wildman–Crippen MR) is 204 cm³/mol. The lowest BCUT2D eigenvalue weighted by atomic mass is 10.0. The van der Waals surface area contributed by atoms with Crippen molar-refractivity contribution in [3.05, 3.63) is 131 Å². The Morgan fingerprint density at radius 3 is 1.41 bits per heavy atom. The Balaban J connectivity index is 1.01. The lowest BCUT2D eigenvalue weighted by molar-refractivity contribution is -0.135. The highest BCUT2D eigenvalue weighted by Crippen LogP contribution is 2.36. The number of H-pyrrole nitrogens is 2. The van der Waals surface area contributed by atoms with Crippen LogP contribution >= 0.6 is 0 Å². The van der Waals surface area contributed by atoms with Gasteiger partial charge in [0.1, 0.15) is 23.7 Å². The fraction of sp³-hybridized carbons (Fsp3) is 0.244. The summed E-state index contributed by atoms with van der Waals surface area (Å²) in [5.41, 5.74) is 4.42. The Hall–Kier alpha value is -7.03. The first-order valence-electron chi connectivity index (χ1n) is 18.4. The minimum absolute atomic E-state index is 0.229. The average Bonchev–Trinajstić information content (AvgIpc) is 4.03. The molecule has 4 amide bonds. The summed E-state index contributed by atoms with van der Waals surface area (Å²) in [5.74, 6) is 0.143. The summed E-state index contributed by atoms with van der Waals surface area (Å²) in [4.78, 5) is 84.2. The largest absolute Gasteiger partial charge is 0.465 e. The normalized spacial score (nSPS) is 17.9. The maximum absolute atomic E-state index is 13.9. The number of amides is 4. The van der Waals surface area contributed by atoms with Crippen molar-refractivity contribution < 1.29 is 34.2 Å². The molecule has 0 spiro atoms. The second-order valence-corrected chi connectivity index (χ2v) is 14.0. The zero-order valence-electron chi connectivity index (χ0n) is 30.0. The van der Waals surface area contributed by atoms with Crippen LogP contribution in [-0.2, 0) is 9.59 Å². The van der Waals surface area contributed by atoms with Crippen LogP contribution in [0.2, 0.25) is 0 Å². The number of carbonyl (C=O) groups excluding carboxylic acids is 3. The monoisotopic (exact) mass is 754 g/mol. The molecule has 2 saturated heterocycles. The average molecular weight is 755 g/mol. The highest BCUT2D eigenvalue weighted by Gasteiger charge is 2.38. The summed E-state index contributed by atoms with van der Waals surface area (Å²) in [6, 6.07) is 24.9. The number of nitrogens with one attached hydrogen (secondary N) is 4. The van der Waals surface area contributed by atoms with Gasteiger partial charge in [0, 0.05) is 24.2 Å². The van der Waals surface area contributed by atoms with Crippen molar-refractivity contribution in [3.63, 3.8) is 0 Å². The minimum Gasteiger partial charge on any atom is -0.465 e. The summed E-state index contributed by atoms with van der Waals surface area (Å²) in [6.45, 7) is 0.885. The number of fused-ring (bicyclic) bond motifs is 2. The molecule has 0 saturated carbocycles. The molecule has 15 heteroatoms. The van der Waals surface area contributed by atoms with E-state index in [9.17, 15) is 34.2 Å². The molecule has 15 nitrogen and oxygen atoms in total. The van der Waals surface area contributed by atoms with Gasteiger partial charge in [0.15, 0.2) is 5.78 Å². The van der Waals surface area contributed by atoms with E-state index in [0.29, 0.717) is 81.9 Å². The lowest BCUT2D eigenvalue weighted by Crippen LogP contribution is -2.42. The van der Waals surface area contributed by atoms with E-state index >= 15 is 0 Å². The number of carbonyl (C=O) groups is 5. The number of rotatable bonds is 10. The van der Waals surface area contributed by atoms with Crippen LogP contribution in [0.5, 0.6) is 0 Å². The molecule has 2 aromatic heterocycles. The third-order valence-electron chi connectivity index (χ3n) is 10.5. The number of carboxylic acid groups (broad SMARTS) is 2. The van der Waals surface area contributed by atoms with Gasteiger partial charge in [0.05, 0.1) is 34.2 Å². The summed E-state index contributed by atoms with van der Waals surface area (Å²) < 4.78 is 0. The van der Waals surface area contributed by atoms with E-state index < -0.39 is 36.4 Å². The Bertz CT molecular complexity index is 2300. The Kier molecular flexibility index (Phi) is 9.64. The van der Waals surface area contributed by atoms with Crippen LogP contribution < -0.4 is 10.6 Å². The quantitative estimate of drug-likeness (QED) is 0.0902. The van der Waals surface area contributed by atoms with E-state index in [0.717, 1.165) is 12.8 Å². The van der Waals surface area contributed by atoms with Gasteiger partial charge >= 0.3 is 12.2 Å². The highest BCUT2D eigenvalue weighted by molar-refractivity contribution is 6.11. The van der Waals surface area contributed by atoms with Gasteiger partial charge in [0.2, 0.25) is 0 Å². The molecular weight excluding hydrogens is 716 g/mol. The number of hydrogen-bond donors (Lipinski definition) is 6. The fourth-order valence-electron chi connectivity index (χ4n) is 7.90. The van der Waals surface area contributed by atoms with Crippen molar-refractivity contribution in [3.8, 4) is 0 Å². The molecule has 284 valence electrons. The van der Waals surface area contributed by atoms with Gasteiger partial charge in [-0.25, -0.2) is 19.6 Å². The molecule has 2 unspecified atom stereocenters. The van der Waals surface area contributed by atoms with Gasteiger partial charge in [-0.05, 0) is 73.2 Å². The number of imidazole rings is 2. The molecule has 0 aliphatic carbocycles. The second kappa shape index (κ2) is 15.0. The maximum atomic E-state index is 13.9. The molecule has 6 aromatic rings. The molecule has 0 bridgehead atoms. The van der Waals surface area contributed by atoms with Crippen molar-refractivity contribution in [1.29, 1.82) is 0 Å². The van der Waals surface area contributed by atoms with E-state index in [1.165, 1.54) is 0 Å². The van der Waals surface area contributed by atoms with E-state index in [-0.39, 0.29) is 17.6 Å². The van der Waals surface area contributed by atoms with Crippen molar-refractivity contribution in [2.24, 2.45) is 0 Å². The number of ketones is 1. The molecule has 4 atom stereocenters. The fourth-order valence-corrected chi connectivity index (χ4v) is 7.90. The third-order valence-corrected chi connectivity index (χ3v) is 10.5. The van der Waals surface area contributed by atoms with E-state index in [2.05, 4.69) is 20.6 Å². The number of aromatic amines is 2. The minimum atomic E-state index is -1.30. The molecule has 4 heterocycles. The molecule has 2 fully saturated rings. The van der Waals surface area contributed by atoms with E-state index in [1.54, 1.807) is 107 Å². The van der Waals surface area contributed by atoms with Crippen LogP contribution in [0.4, 0.5) is 9.59 Å². The molecule has 56 heavy (non-hydrogen) atoms. The van der Waals surface area contributed by atoms with Crippen LogP contribution in [0.3, 0.4) is 0 Å². The number of aromatic nitrogens is 4. The first kappa shape index (κ1) is 36.0. The van der Waals surface area contributed by atoms with Crippen LogP contribution in [0.1, 0.15) is 88.5 Å². The second-order valence-electron chi connectivity index (χ2n) is 14.0. The third kappa shape index (κ3) is 7.01. The van der Waals surface area contributed by atoms with Crippen LogP contribution in [-0.4, -0.2) is 82.8 Å². The zero-order chi connectivity index (χ0) is 38.9. The van der Waals surface area contributed by atoms with Crippen molar-refractivity contribution in [2.45, 2.75) is 49.9 Å². The maximum Gasteiger partial charge on any atom is 0.405 e. The standard InChI is InChI=1S/C41H38N8O7/c50-35(25-15-17-27-29(21-25)44-36(42-27)31-13-7-19-48(31)38(51)33(46-40(53)54)23-9-3-1-4-10-23)26-16-18-28-30(22-26)45-37(43-28)32-14-8-20-49(32)39(52)34(47-41(55)56)24-11-5-2-6-12-24/h1-6,9-12,15-18,21-22,31-34,46-47H,7-8,13-14,19-20H2,(H,42,44)(H,43,45)(H,53,54)(H,55,56)/t31-,32?,33+,34?/m0/s1. The van der Waals surface area contributed by atoms with Gasteiger partial charge in [-0.3, -0.25) is 14.4 Å². The molecule has 6 N–H and O–H groups in total. The summed E-state index contributed by atoms with van der Waals surface area (Å²) >= 11 is 0. The molecule has 2 aliphatic rings. The first-order valence-corrected chi connectivity index (χ1v) is 18.4. The van der Waals surface area contributed by atoms with Crippen LogP contribution in [0.25, 0.3) is 22.1 Å². The van der Waals surface area contributed by atoms with Gasteiger partial charge in [-0.2, -0.15) is 0 Å². The molecule has 0 radical (unpaired) electrons. The Morgan fingerprint density at radius 2 is 1.02 bits per heavy atom. The van der Waals surface area contributed by atoms with E-state index in [1.807, 2.05) is 0 Å². The predicted octanol–water partition coefficient (Wildman–Crippen LogP) is 6.02.